The molecule has 0 bridgehead atoms. The minimum Gasteiger partial charge on any atom is -0.311 e. The van der Waals surface area contributed by atoms with Gasteiger partial charge in [-0.15, -0.1) is 0 Å². The number of aromatic nitrogens is 5. The summed E-state index contributed by atoms with van der Waals surface area (Å²) in [6, 6.07) is 2.26. The Bertz CT molecular complexity index is 910. The molecule has 1 aliphatic carbocycles. The molecule has 1 fully saturated rings. The van der Waals surface area contributed by atoms with E-state index >= 15 is 0 Å². The topological polar surface area (TPSA) is 65.1 Å². The lowest BCUT2D eigenvalue weighted by atomic mass is 9.85. The van der Waals surface area contributed by atoms with Crippen molar-refractivity contribution in [3.05, 3.63) is 34.6 Å². The Labute approximate surface area is 127 Å². The van der Waals surface area contributed by atoms with Crippen LogP contribution >= 0.6 is 0 Å². The van der Waals surface area contributed by atoms with E-state index in [4.69, 9.17) is 0 Å². The summed E-state index contributed by atoms with van der Waals surface area (Å²) in [4.78, 5) is 21.5. The van der Waals surface area contributed by atoms with Crippen molar-refractivity contribution in [2.75, 3.05) is 0 Å². The molecule has 1 aliphatic rings. The highest BCUT2D eigenvalue weighted by Gasteiger charge is 2.24. The lowest BCUT2D eigenvalue weighted by Gasteiger charge is -2.30. The number of aryl methyl sites for hydroxylation is 1. The van der Waals surface area contributed by atoms with Gasteiger partial charge in [0.1, 0.15) is 6.33 Å². The van der Waals surface area contributed by atoms with Gasteiger partial charge in [0.2, 0.25) is 0 Å². The zero-order valence-electron chi connectivity index (χ0n) is 12.9. The Morgan fingerprint density at radius 1 is 1.27 bits per heavy atom. The average molecular weight is 297 g/mol. The molecule has 3 aromatic heterocycles. The van der Waals surface area contributed by atoms with Gasteiger partial charge in [-0.3, -0.25) is 4.79 Å². The Morgan fingerprint density at radius 2 is 2.09 bits per heavy atom. The maximum atomic E-state index is 13.0. The summed E-state index contributed by atoms with van der Waals surface area (Å²) in [6.45, 7) is 4.11. The molecule has 1 saturated carbocycles. The number of hydrogen-bond acceptors (Lipinski definition) is 4. The van der Waals surface area contributed by atoms with Crippen molar-refractivity contribution in [2.45, 2.75) is 45.6 Å². The fourth-order valence-corrected chi connectivity index (χ4v) is 3.72. The molecule has 6 nitrogen and oxygen atoms in total. The van der Waals surface area contributed by atoms with E-state index in [-0.39, 0.29) is 11.6 Å². The van der Waals surface area contributed by atoms with E-state index in [1.807, 2.05) is 23.8 Å². The summed E-state index contributed by atoms with van der Waals surface area (Å²) in [6.07, 6.45) is 8.10. The molecule has 3 heterocycles. The van der Waals surface area contributed by atoms with Crippen molar-refractivity contribution in [1.29, 1.82) is 0 Å². The van der Waals surface area contributed by atoms with Crippen LogP contribution in [0.5, 0.6) is 0 Å². The largest absolute Gasteiger partial charge is 0.311 e. The summed E-state index contributed by atoms with van der Waals surface area (Å²) >= 11 is 0. The molecule has 22 heavy (non-hydrogen) atoms. The van der Waals surface area contributed by atoms with Crippen LogP contribution in [0.1, 0.15) is 44.3 Å². The normalized spacial score (nSPS) is 22.5. The molecule has 114 valence electrons. The Hall–Kier alpha value is -2.24. The Morgan fingerprint density at radius 3 is 2.91 bits per heavy atom. The van der Waals surface area contributed by atoms with Crippen LogP contribution in [-0.2, 0) is 0 Å². The summed E-state index contributed by atoms with van der Waals surface area (Å²) in [7, 11) is 0. The van der Waals surface area contributed by atoms with Crippen LogP contribution in [0.2, 0.25) is 0 Å². The first kappa shape index (κ1) is 13.4. The Balaban J connectivity index is 1.99. The summed E-state index contributed by atoms with van der Waals surface area (Å²) in [5.41, 5.74) is 1.54. The maximum Gasteiger partial charge on any atom is 0.262 e. The second kappa shape index (κ2) is 4.90. The minimum atomic E-state index is 0.0404. The van der Waals surface area contributed by atoms with E-state index in [1.54, 1.807) is 4.52 Å². The minimum absolute atomic E-state index is 0.0404. The predicted molar refractivity (Wildman–Crippen MR) is 84.0 cm³/mol. The van der Waals surface area contributed by atoms with Crippen LogP contribution in [0.15, 0.2) is 23.4 Å². The third-order valence-corrected chi connectivity index (χ3v) is 4.91. The van der Waals surface area contributed by atoms with Crippen LogP contribution in [-0.4, -0.2) is 24.1 Å². The van der Waals surface area contributed by atoms with Gasteiger partial charge in [-0.1, -0.05) is 19.8 Å². The fourth-order valence-electron chi connectivity index (χ4n) is 3.72. The standard InChI is InChI=1S/C16H19N5O/c1-10-5-3-4-6-12(10)20-8-7-13-14(15(20)22)11(2)19-16-17-9-18-21(13)16/h7-10,12H,3-6H2,1-2H3. The molecule has 2 atom stereocenters. The number of rotatable bonds is 1. The first-order chi connectivity index (χ1) is 10.7. The van der Waals surface area contributed by atoms with E-state index in [1.165, 1.54) is 25.6 Å². The van der Waals surface area contributed by atoms with Crippen molar-refractivity contribution in [3.63, 3.8) is 0 Å². The van der Waals surface area contributed by atoms with Crippen molar-refractivity contribution in [3.8, 4) is 0 Å². The van der Waals surface area contributed by atoms with E-state index in [0.29, 0.717) is 17.1 Å². The third kappa shape index (κ3) is 1.86. The zero-order chi connectivity index (χ0) is 15.3. The second-order valence-electron chi connectivity index (χ2n) is 6.29. The lowest BCUT2D eigenvalue weighted by Crippen LogP contribution is -2.31. The number of pyridine rings is 1. The molecule has 3 aromatic rings. The fraction of sp³-hybridized carbons (Fsp3) is 0.500. The first-order valence-electron chi connectivity index (χ1n) is 7.88. The Kier molecular flexibility index (Phi) is 2.99. The monoisotopic (exact) mass is 297 g/mol. The summed E-state index contributed by atoms with van der Waals surface area (Å²) in [5.74, 6) is 1.07. The van der Waals surface area contributed by atoms with Crippen LogP contribution in [0, 0.1) is 12.8 Å². The summed E-state index contributed by atoms with van der Waals surface area (Å²) in [5, 5.41) is 4.83. The molecule has 0 spiro atoms. The van der Waals surface area contributed by atoms with E-state index in [9.17, 15) is 4.79 Å². The van der Waals surface area contributed by atoms with Crippen LogP contribution in [0.25, 0.3) is 16.7 Å². The first-order valence-corrected chi connectivity index (χ1v) is 7.88. The number of hydrogen-bond donors (Lipinski definition) is 0. The average Bonchev–Trinajstić information content (AvgIpc) is 2.96. The third-order valence-electron chi connectivity index (χ3n) is 4.91. The van der Waals surface area contributed by atoms with Crippen molar-refractivity contribution in [1.82, 2.24) is 24.1 Å². The van der Waals surface area contributed by atoms with Gasteiger partial charge in [-0.25, -0.2) is 4.98 Å². The van der Waals surface area contributed by atoms with Gasteiger partial charge in [0.15, 0.2) is 0 Å². The molecule has 4 rings (SSSR count). The second-order valence-corrected chi connectivity index (χ2v) is 6.29. The van der Waals surface area contributed by atoms with Crippen LogP contribution < -0.4 is 5.56 Å². The van der Waals surface area contributed by atoms with Gasteiger partial charge in [-0.05, 0) is 31.7 Å². The molecule has 0 amide bonds. The molecule has 6 heteroatoms. The van der Waals surface area contributed by atoms with E-state index < -0.39 is 0 Å². The molecule has 2 unspecified atom stereocenters. The molecule has 0 aromatic carbocycles. The molecule has 0 saturated heterocycles. The SMILES string of the molecule is Cc1nc2ncnn2c2ccn(C3CCCCC3C)c(=O)c12. The number of nitrogens with zero attached hydrogens (tertiary/aromatic N) is 5. The summed E-state index contributed by atoms with van der Waals surface area (Å²) < 4.78 is 3.54. The molecule has 0 radical (unpaired) electrons. The highest BCUT2D eigenvalue weighted by molar-refractivity contribution is 5.81. The van der Waals surface area contributed by atoms with Crippen molar-refractivity contribution < 1.29 is 0 Å². The zero-order valence-corrected chi connectivity index (χ0v) is 12.9. The quantitative estimate of drug-likeness (QED) is 0.692. The van der Waals surface area contributed by atoms with Gasteiger partial charge in [0, 0.05) is 12.2 Å². The van der Waals surface area contributed by atoms with Gasteiger partial charge in [0.05, 0.1) is 16.6 Å². The predicted octanol–water partition coefficient (Wildman–Crippen LogP) is 2.50. The molecular weight excluding hydrogens is 278 g/mol. The molecule has 0 N–H and O–H groups in total. The van der Waals surface area contributed by atoms with Crippen molar-refractivity contribution in [2.24, 2.45) is 5.92 Å². The van der Waals surface area contributed by atoms with Gasteiger partial charge >= 0.3 is 0 Å². The molecule has 0 aliphatic heterocycles. The van der Waals surface area contributed by atoms with Crippen LogP contribution in [0.3, 0.4) is 0 Å². The van der Waals surface area contributed by atoms with Gasteiger partial charge in [-0.2, -0.15) is 14.6 Å². The smallest absolute Gasteiger partial charge is 0.262 e. The molecular formula is C16H19N5O. The van der Waals surface area contributed by atoms with Crippen LogP contribution in [0.4, 0.5) is 0 Å². The lowest BCUT2D eigenvalue weighted by molar-refractivity contribution is 0.253. The van der Waals surface area contributed by atoms with E-state index in [0.717, 1.165) is 17.6 Å². The highest BCUT2D eigenvalue weighted by Crippen LogP contribution is 2.32. The van der Waals surface area contributed by atoms with Crippen molar-refractivity contribution >= 4 is 16.7 Å². The number of fused-ring (bicyclic) bond motifs is 3. The maximum absolute atomic E-state index is 13.0. The van der Waals surface area contributed by atoms with Gasteiger partial charge in [0.25, 0.3) is 11.3 Å². The highest BCUT2D eigenvalue weighted by atomic mass is 16.1. The van der Waals surface area contributed by atoms with Gasteiger partial charge < -0.3 is 4.57 Å². The van der Waals surface area contributed by atoms with E-state index in [2.05, 4.69) is 22.0 Å².